The normalized spacial score (nSPS) is 18.9. The summed E-state index contributed by atoms with van der Waals surface area (Å²) in [6, 6.07) is 0. The van der Waals surface area contributed by atoms with E-state index in [1.54, 1.807) is 0 Å². The van der Waals surface area contributed by atoms with E-state index < -0.39 is 22.7 Å². The Morgan fingerprint density at radius 1 is 1.55 bits per heavy atom. The molecule has 0 bridgehead atoms. The highest BCUT2D eigenvalue weighted by Crippen LogP contribution is 2.24. The van der Waals surface area contributed by atoms with Crippen LogP contribution in [0.4, 0.5) is 5.69 Å². The molecule has 1 unspecified atom stereocenters. The second kappa shape index (κ2) is 5.27. The summed E-state index contributed by atoms with van der Waals surface area (Å²) in [6.45, 7) is 1.89. The Morgan fingerprint density at radius 2 is 2.25 bits per heavy atom. The quantitative estimate of drug-likeness (QED) is 0.615. The molecule has 0 spiro atoms. The minimum atomic E-state index is -0.963. The molecule has 0 radical (unpaired) electrons. The lowest BCUT2D eigenvalue weighted by molar-refractivity contribution is -0.385. The summed E-state index contributed by atoms with van der Waals surface area (Å²) in [6.07, 6.45) is 1.06. The summed E-state index contributed by atoms with van der Waals surface area (Å²) in [5.41, 5.74) is -0.420. The van der Waals surface area contributed by atoms with Gasteiger partial charge in [0.2, 0.25) is 5.69 Å². The molecule has 20 heavy (non-hydrogen) atoms. The summed E-state index contributed by atoms with van der Waals surface area (Å²) in [5, 5.41) is 26.0. The Bertz CT molecular complexity index is 567. The smallest absolute Gasteiger partial charge is 0.322 e. The molecule has 1 aliphatic heterocycles. The second-order valence-electron chi connectivity index (χ2n) is 4.73. The third-order valence-electron chi connectivity index (χ3n) is 3.36. The van der Waals surface area contributed by atoms with Gasteiger partial charge in [-0.1, -0.05) is 0 Å². The van der Waals surface area contributed by atoms with Crippen molar-refractivity contribution in [2.24, 2.45) is 5.92 Å². The Labute approximate surface area is 113 Å². The van der Waals surface area contributed by atoms with Crippen LogP contribution in [-0.2, 0) is 4.79 Å². The van der Waals surface area contributed by atoms with Crippen LogP contribution in [0, 0.1) is 23.0 Å². The SMILES string of the molecule is Cc1[nH]nc(C(=O)N2CCCC(C(=O)O)C2)c1[N+](=O)[O-]. The standard InChI is InChI=1S/C11H14N4O5/c1-6-9(15(19)20)8(13-12-6)10(16)14-4-2-3-7(5-14)11(17)18/h7H,2-5H2,1H3,(H,12,13)(H,17,18). The molecule has 1 amide bonds. The van der Waals surface area contributed by atoms with Crippen molar-refractivity contribution in [3.63, 3.8) is 0 Å². The first-order valence-electron chi connectivity index (χ1n) is 6.13. The fraction of sp³-hybridized carbons (Fsp3) is 0.545. The van der Waals surface area contributed by atoms with Gasteiger partial charge in [0.25, 0.3) is 5.91 Å². The molecule has 2 rings (SSSR count). The van der Waals surface area contributed by atoms with Crippen LogP contribution in [0.3, 0.4) is 0 Å². The van der Waals surface area contributed by atoms with Crippen LogP contribution in [0.5, 0.6) is 0 Å². The molecule has 1 saturated heterocycles. The monoisotopic (exact) mass is 282 g/mol. The summed E-state index contributed by atoms with van der Waals surface area (Å²) < 4.78 is 0. The summed E-state index contributed by atoms with van der Waals surface area (Å²) >= 11 is 0. The van der Waals surface area contributed by atoms with Gasteiger partial charge in [-0.2, -0.15) is 5.10 Å². The van der Waals surface area contributed by atoms with Crippen molar-refractivity contribution in [3.8, 4) is 0 Å². The van der Waals surface area contributed by atoms with E-state index in [4.69, 9.17) is 5.11 Å². The minimum absolute atomic E-state index is 0.0528. The number of piperidine rings is 1. The highest BCUT2D eigenvalue weighted by Gasteiger charge is 2.34. The van der Waals surface area contributed by atoms with Crippen molar-refractivity contribution < 1.29 is 19.6 Å². The minimum Gasteiger partial charge on any atom is -0.481 e. The number of aromatic nitrogens is 2. The predicted molar refractivity (Wildman–Crippen MR) is 66.2 cm³/mol. The number of likely N-dealkylation sites (tertiary alicyclic amines) is 1. The van der Waals surface area contributed by atoms with Crippen LogP contribution in [0.1, 0.15) is 29.0 Å². The molecule has 1 aliphatic rings. The highest BCUT2D eigenvalue weighted by molar-refractivity contribution is 5.96. The van der Waals surface area contributed by atoms with Crippen LogP contribution in [0.25, 0.3) is 0 Å². The van der Waals surface area contributed by atoms with E-state index in [1.807, 2.05) is 0 Å². The van der Waals surface area contributed by atoms with Crippen LogP contribution >= 0.6 is 0 Å². The number of carboxylic acids is 1. The van der Waals surface area contributed by atoms with E-state index in [2.05, 4.69) is 10.2 Å². The Kier molecular flexibility index (Phi) is 3.68. The molecule has 1 fully saturated rings. The number of hydrogen-bond acceptors (Lipinski definition) is 5. The molecule has 9 heteroatoms. The number of aromatic amines is 1. The molecule has 1 atom stereocenters. The number of carbonyl (C=O) groups is 2. The number of rotatable bonds is 3. The maximum Gasteiger partial charge on any atom is 0.322 e. The molecule has 1 aromatic rings. The van der Waals surface area contributed by atoms with Gasteiger partial charge in [-0.3, -0.25) is 24.8 Å². The van der Waals surface area contributed by atoms with Gasteiger partial charge in [-0.05, 0) is 19.8 Å². The number of nitro groups is 1. The van der Waals surface area contributed by atoms with Crippen LogP contribution in [0.2, 0.25) is 0 Å². The highest BCUT2D eigenvalue weighted by atomic mass is 16.6. The lowest BCUT2D eigenvalue weighted by atomic mass is 9.98. The fourth-order valence-corrected chi connectivity index (χ4v) is 2.31. The largest absolute Gasteiger partial charge is 0.481 e. The molecular formula is C11H14N4O5. The van der Waals surface area contributed by atoms with E-state index in [-0.39, 0.29) is 23.6 Å². The first-order chi connectivity index (χ1) is 9.41. The van der Waals surface area contributed by atoms with Crippen molar-refractivity contribution in [1.29, 1.82) is 0 Å². The van der Waals surface area contributed by atoms with Gasteiger partial charge in [0.15, 0.2) is 0 Å². The van der Waals surface area contributed by atoms with E-state index in [0.29, 0.717) is 19.4 Å². The number of aliphatic carboxylic acids is 1. The van der Waals surface area contributed by atoms with Crippen molar-refractivity contribution in [2.45, 2.75) is 19.8 Å². The zero-order valence-corrected chi connectivity index (χ0v) is 10.8. The zero-order valence-electron chi connectivity index (χ0n) is 10.8. The molecular weight excluding hydrogens is 268 g/mol. The average molecular weight is 282 g/mol. The Balaban J connectivity index is 2.23. The average Bonchev–Trinajstić information content (AvgIpc) is 2.80. The van der Waals surface area contributed by atoms with Crippen LogP contribution in [-0.4, -0.2) is 50.1 Å². The first kappa shape index (κ1) is 14.0. The topological polar surface area (TPSA) is 129 Å². The third kappa shape index (κ3) is 2.46. The molecule has 1 aromatic heterocycles. The van der Waals surface area contributed by atoms with E-state index in [9.17, 15) is 19.7 Å². The van der Waals surface area contributed by atoms with Crippen LogP contribution < -0.4 is 0 Å². The molecule has 0 aliphatic carbocycles. The maximum atomic E-state index is 12.3. The molecule has 9 nitrogen and oxygen atoms in total. The van der Waals surface area contributed by atoms with Gasteiger partial charge < -0.3 is 10.0 Å². The van der Waals surface area contributed by atoms with Gasteiger partial charge in [0.05, 0.1) is 10.8 Å². The molecule has 108 valence electrons. The molecule has 2 heterocycles. The Morgan fingerprint density at radius 3 is 2.85 bits per heavy atom. The lowest BCUT2D eigenvalue weighted by Crippen LogP contribution is -2.42. The fourth-order valence-electron chi connectivity index (χ4n) is 2.31. The lowest BCUT2D eigenvalue weighted by Gasteiger charge is -2.29. The van der Waals surface area contributed by atoms with Crippen LogP contribution in [0.15, 0.2) is 0 Å². The van der Waals surface area contributed by atoms with Crippen molar-refractivity contribution in [3.05, 3.63) is 21.5 Å². The van der Waals surface area contributed by atoms with E-state index in [1.165, 1.54) is 11.8 Å². The molecule has 0 saturated carbocycles. The van der Waals surface area contributed by atoms with E-state index >= 15 is 0 Å². The molecule has 0 aromatic carbocycles. The van der Waals surface area contributed by atoms with Gasteiger partial charge >= 0.3 is 11.7 Å². The van der Waals surface area contributed by atoms with Gasteiger partial charge in [-0.25, -0.2) is 0 Å². The summed E-state index contributed by atoms with van der Waals surface area (Å²) in [7, 11) is 0. The molecule has 2 N–H and O–H groups in total. The number of H-pyrrole nitrogens is 1. The second-order valence-corrected chi connectivity index (χ2v) is 4.73. The van der Waals surface area contributed by atoms with Crippen molar-refractivity contribution in [1.82, 2.24) is 15.1 Å². The summed E-state index contributed by atoms with van der Waals surface area (Å²) in [5.74, 6) is -2.20. The number of amides is 1. The first-order valence-corrected chi connectivity index (χ1v) is 6.13. The zero-order chi connectivity index (χ0) is 14.9. The maximum absolute atomic E-state index is 12.3. The van der Waals surface area contributed by atoms with Gasteiger partial charge in [-0.15, -0.1) is 0 Å². The van der Waals surface area contributed by atoms with Gasteiger partial charge in [0.1, 0.15) is 5.69 Å². The number of aryl methyl sites for hydroxylation is 1. The van der Waals surface area contributed by atoms with E-state index in [0.717, 1.165) is 0 Å². The van der Waals surface area contributed by atoms with Crippen molar-refractivity contribution in [2.75, 3.05) is 13.1 Å². The Hall–Kier alpha value is -2.45. The number of nitrogens with zero attached hydrogens (tertiary/aromatic N) is 3. The van der Waals surface area contributed by atoms with Crippen molar-refractivity contribution >= 4 is 17.6 Å². The summed E-state index contributed by atoms with van der Waals surface area (Å²) in [4.78, 5) is 34.8. The predicted octanol–water partition coefficient (Wildman–Crippen LogP) is 0.563. The number of nitrogens with one attached hydrogen (secondary N) is 1. The van der Waals surface area contributed by atoms with Gasteiger partial charge in [0, 0.05) is 13.1 Å². The number of hydrogen-bond donors (Lipinski definition) is 2. The number of carbonyl (C=O) groups excluding carboxylic acids is 1. The third-order valence-corrected chi connectivity index (χ3v) is 3.36. The number of carboxylic acid groups (broad SMARTS) is 1.